The number of piperidine rings is 1. The number of para-hydroxylation sites is 1. The summed E-state index contributed by atoms with van der Waals surface area (Å²) in [7, 11) is 0. The minimum Gasteiger partial charge on any atom is -0.350 e. The molecule has 29 heavy (non-hydrogen) atoms. The number of hydrogen-bond donors (Lipinski definition) is 1. The van der Waals surface area contributed by atoms with Crippen LogP contribution in [0.2, 0.25) is 0 Å². The van der Waals surface area contributed by atoms with Crippen LogP contribution in [-0.2, 0) is 6.18 Å². The standard InChI is InChI=1S/C20H24F4N4O/c1-13-6-5-9-27(12-13)14(2)10-25-19(29)15-11-26-28(18(15)20(22,23)24)17-8-4-3-7-16(17)21/h3-4,7-8,11,13-14H,5-6,9-10,12H2,1-2H3,(H,25,29). The molecule has 1 fully saturated rings. The highest BCUT2D eigenvalue weighted by Crippen LogP contribution is 2.34. The number of nitrogens with zero attached hydrogens (tertiary/aromatic N) is 3. The molecule has 0 spiro atoms. The van der Waals surface area contributed by atoms with Crippen LogP contribution in [0.3, 0.4) is 0 Å². The number of halogens is 4. The lowest BCUT2D eigenvalue weighted by Crippen LogP contribution is -2.46. The van der Waals surface area contributed by atoms with E-state index in [0.29, 0.717) is 10.6 Å². The van der Waals surface area contributed by atoms with Crippen molar-refractivity contribution in [2.45, 2.75) is 38.9 Å². The van der Waals surface area contributed by atoms with Gasteiger partial charge < -0.3 is 5.32 Å². The number of likely N-dealkylation sites (tertiary alicyclic amines) is 1. The quantitative estimate of drug-likeness (QED) is 0.759. The molecule has 0 saturated carbocycles. The van der Waals surface area contributed by atoms with Crippen molar-refractivity contribution >= 4 is 5.91 Å². The third-order valence-electron chi connectivity index (χ3n) is 5.23. The minimum absolute atomic E-state index is 0.00218. The lowest BCUT2D eigenvalue weighted by molar-refractivity contribution is -0.143. The van der Waals surface area contributed by atoms with Crippen molar-refractivity contribution in [2.75, 3.05) is 19.6 Å². The number of hydrogen-bond acceptors (Lipinski definition) is 3. The van der Waals surface area contributed by atoms with Gasteiger partial charge in [0.25, 0.3) is 5.91 Å². The fraction of sp³-hybridized carbons (Fsp3) is 0.500. The molecule has 1 aromatic heterocycles. The molecule has 1 aliphatic rings. The largest absolute Gasteiger partial charge is 0.434 e. The summed E-state index contributed by atoms with van der Waals surface area (Å²) in [4.78, 5) is 14.7. The molecular formula is C20H24F4N4O. The predicted octanol–water partition coefficient (Wildman–Crippen LogP) is 3.88. The number of aromatic nitrogens is 2. The van der Waals surface area contributed by atoms with E-state index in [1.807, 2.05) is 6.92 Å². The molecule has 1 amide bonds. The van der Waals surface area contributed by atoms with Gasteiger partial charge in [-0.05, 0) is 44.4 Å². The normalized spacial score (nSPS) is 19.2. The van der Waals surface area contributed by atoms with Crippen molar-refractivity contribution in [1.82, 2.24) is 20.0 Å². The van der Waals surface area contributed by atoms with Gasteiger partial charge in [-0.3, -0.25) is 9.69 Å². The third kappa shape index (κ3) is 4.77. The monoisotopic (exact) mass is 412 g/mol. The Labute approximate surface area is 166 Å². The van der Waals surface area contributed by atoms with Gasteiger partial charge in [0.2, 0.25) is 0 Å². The van der Waals surface area contributed by atoms with E-state index in [0.717, 1.165) is 38.2 Å². The van der Waals surface area contributed by atoms with Crippen molar-refractivity contribution in [3.05, 3.63) is 47.5 Å². The van der Waals surface area contributed by atoms with E-state index < -0.39 is 29.2 Å². The Bertz CT molecular complexity index is 864. The summed E-state index contributed by atoms with van der Waals surface area (Å²) in [5, 5.41) is 6.22. The van der Waals surface area contributed by atoms with E-state index in [1.165, 1.54) is 18.2 Å². The van der Waals surface area contributed by atoms with Crippen LogP contribution in [0, 0.1) is 11.7 Å². The first-order chi connectivity index (χ1) is 13.7. The third-order valence-corrected chi connectivity index (χ3v) is 5.23. The zero-order valence-corrected chi connectivity index (χ0v) is 16.3. The first kappa shape index (κ1) is 21.3. The Hall–Kier alpha value is -2.42. The molecule has 2 atom stereocenters. The minimum atomic E-state index is -4.88. The molecule has 1 N–H and O–H groups in total. The van der Waals surface area contributed by atoms with Gasteiger partial charge in [-0.2, -0.15) is 18.3 Å². The highest BCUT2D eigenvalue weighted by Gasteiger charge is 2.41. The Morgan fingerprint density at radius 2 is 2.07 bits per heavy atom. The Balaban J connectivity index is 1.79. The van der Waals surface area contributed by atoms with Gasteiger partial charge in [-0.25, -0.2) is 9.07 Å². The highest BCUT2D eigenvalue weighted by atomic mass is 19.4. The van der Waals surface area contributed by atoms with Crippen molar-refractivity contribution in [3.8, 4) is 5.69 Å². The molecule has 9 heteroatoms. The summed E-state index contributed by atoms with van der Waals surface area (Å²) in [6.07, 6.45) is -1.83. The lowest BCUT2D eigenvalue weighted by atomic mass is 9.99. The fourth-order valence-electron chi connectivity index (χ4n) is 3.68. The topological polar surface area (TPSA) is 50.2 Å². The summed E-state index contributed by atoms with van der Waals surface area (Å²) in [6, 6.07) is 4.99. The molecule has 1 aliphatic heterocycles. The fourth-order valence-corrected chi connectivity index (χ4v) is 3.68. The SMILES string of the molecule is CC1CCCN(C(C)CNC(=O)c2cnn(-c3ccccc3F)c2C(F)(F)F)C1. The number of benzene rings is 1. The van der Waals surface area contributed by atoms with Crippen LogP contribution >= 0.6 is 0 Å². The molecule has 2 aromatic rings. The van der Waals surface area contributed by atoms with Gasteiger partial charge in [0.1, 0.15) is 11.5 Å². The molecule has 1 saturated heterocycles. The maximum Gasteiger partial charge on any atom is 0.434 e. The first-order valence-electron chi connectivity index (χ1n) is 9.61. The second-order valence-electron chi connectivity index (χ2n) is 7.57. The van der Waals surface area contributed by atoms with Crippen molar-refractivity contribution < 1.29 is 22.4 Å². The van der Waals surface area contributed by atoms with Gasteiger partial charge in [0.15, 0.2) is 5.69 Å². The van der Waals surface area contributed by atoms with Crippen molar-refractivity contribution in [2.24, 2.45) is 5.92 Å². The zero-order valence-electron chi connectivity index (χ0n) is 16.3. The lowest BCUT2D eigenvalue weighted by Gasteiger charge is -2.35. The van der Waals surface area contributed by atoms with Gasteiger partial charge in [0, 0.05) is 19.1 Å². The molecule has 0 bridgehead atoms. The number of amides is 1. The Morgan fingerprint density at radius 3 is 2.72 bits per heavy atom. The number of carbonyl (C=O) groups is 1. The smallest absolute Gasteiger partial charge is 0.350 e. The van der Waals surface area contributed by atoms with Crippen molar-refractivity contribution in [1.29, 1.82) is 0 Å². The number of alkyl halides is 3. The molecule has 1 aromatic carbocycles. The second-order valence-corrected chi connectivity index (χ2v) is 7.57. The van der Waals surface area contributed by atoms with Crippen LogP contribution in [0.1, 0.15) is 42.7 Å². The van der Waals surface area contributed by atoms with Gasteiger partial charge in [-0.15, -0.1) is 0 Å². The molecule has 3 rings (SSSR count). The molecule has 2 heterocycles. The zero-order chi connectivity index (χ0) is 21.2. The van der Waals surface area contributed by atoms with E-state index in [2.05, 4.69) is 22.2 Å². The second kappa shape index (κ2) is 8.52. The van der Waals surface area contributed by atoms with E-state index in [-0.39, 0.29) is 18.3 Å². The van der Waals surface area contributed by atoms with Crippen LogP contribution in [0.25, 0.3) is 5.69 Å². The van der Waals surface area contributed by atoms with Crippen LogP contribution < -0.4 is 5.32 Å². The number of rotatable bonds is 5. The number of carbonyl (C=O) groups excluding carboxylic acids is 1. The van der Waals surface area contributed by atoms with E-state index in [4.69, 9.17) is 0 Å². The summed E-state index contributed by atoms with van der Waals surface area (Å²) >= 11 is 0. The molecule has 158 valence electrons. The highest BCUT2D eigenvalue weighted by molar-refractivity contribution is 5.95. The van der Waals surface area contributed by atoms with E-state index in [9.17, 15) is 22.4 Å². The van der Waals surface area contributed by atoms with Crippen LogP contribution in [0.4, 0.5) is 17.6 Å². The average Bonchev–Trinajstić information content (AvgIpc) is 3.11. The Morgan fingerprint density at radius 1 is 1.34 bits per heavy atom. The van der Waals surface area contributed by atoms with Crippen molar-refractivity contribution in [3.63, 3.8) is 0 Å². The maximum absolute atomic E-state index is 14.0. The first-order valence-corrected chi connectivity index (χ1v) is 9.61. The average molecular weight is 412 g/mol. The molecule has 5 nitrogen and oxygen atoms in total. The molecule has 2 unspecified atom stereocenters. The molecule has 0 radical (unpaired) electrons. The van der Waals surface area contributed by atoms with E-state index >= 15 is 0 Å². The van der Waals surface area contributed by atoms with Gasteiger partial charge in [-0.1, -0.05) is 19.1 Å². The summed E-state index contributed by atoms with van der Waals surface area (Å²) in [5.41, 5.74) is -2.28. The maximum atomic E-state index is 14.0. The van der Waals surface area contributed by atoms with Gasteiger partial charge in [0.05, 0.1) is 11.8 Å². The van der Waals surface area contributed by atoms with Gasteiger partial charge >= 0.3 is 6.18 Å². The van der Waals surface area contributed by atoms with Crippen LogP contribution in [0.5, 0.6) is 0 Å². The summed E-state index contributed by atoms with van der Waals surface area (Å²) < 4.78 is 55.5. The van der Waals surface area contributed by atoms with Crippen LogP contribution in [0.15, 0.2) is 30.5 Å². The number of nitrogens with one attached hydrogen (secondary N) is 1. The van der Waals surface area contributed by atoms with Crippen LogP contribution in [-0.4, -0.2) is 46.3 Å². The molecular weight excluding hydrogens is 388 g/mol. The predicted molar refractivity (Wildman–Crippen MR) is 100 cm³/mol. The molecule has 0 aliphatic carbocycles. The van der Waals surface area contributed by atoms with E-state index in [1.54, 1.807) is 0 Å². The summed E-state index contributed by atoms with van der Waals surface area (Å²) in [5.74, 6) is -1.18. The Kier molecular flexibility index (Phi) is 6.26. The summed E-state index contributed by atoms with van der Waals surface area (Å²) in [6.45, 7) is 6.11.